The summed E-state index contributed by atoms with van der Waals surface area (Å²) in [7, 11) is 1.90. The summed E-state index contributed by atoms with van der Waals surface area (Å²) in [6.07, 6.45) is 6.71. The third-order valence-corrected chi connectivity index (χ3v) is 3.60. The Morgan fingerprint density at radius 3 is 3.00 bits per heavy atom. The van der Waals surface area contributed by atoms with Gasteiger partial charge in [0.15, 0.2) is 0 Å². The summed E-state index contributed by atoms with van der Waals surface area (Å²) in [5, 5.41) is 10.4. The Bertz CT molecular complexity index is 413. The smallest absolute Gasteiger partial charge is 0.227 e. The standard InChI is InChI=1S/C13H22N4O.ClH/c1-13(5-3-6-14-10-13)12(18)15-7-4-11-8-16-17(2)9-11;/h8-9,14H,3-7,10H2,1-2H3,(H,15,18);1H. The number of hydrogen-bond acceptors (Lipinski definition) is 3. The van der Waals surface area contributed by atoms with E-state index in [4.69, 9.17) is 0 Å². The Morgan fingerprint density at radius 1 is 1.63 bits per heavy atom. The van der Waals surface area contributed by atoms with Crippen molar-refractivity contribution < 1.29 is 4.79 Å². The molecule has 0 bridgehead atoms. The van der Waals surface area contributed by atoms with Crippen molar-refractivity contribution in [2.45, 2.75) is 26.2 Å². The lowest BCUT2D eigenvalue weighted by molar-refractivity contribution is -0.131. The molecule has 1 saturated heterocycles. The Labute approximate surface area is 120 Å². The molecule has 2 rings (SSSR count). The fourth-order valence-electron chi connectivity index (χ4n) is 2.38. The Morgan fingerprint density at radius 2 is 2.42 bits per heavy atom. The second-order valence-corrected chi connectivity index (χ2v) is 5.37. The van der Waals surface area contributed by atoms with E-state index < -0.39 is 0 Å². The summed E-state index contributed by atoms with van der Waals surface area (Å²) < 4.78 is 1.78. The van der Waals surface area contributed by atoms with Gasteiger partial charge < -0.3 is 10.6 Å². The van der Waals surface area contributed by atoms with Gasteiger partial charge in [0, 0.05) is 26.3 Å². The monoisotopic (exact) mass is 286 g/mol. The van der Waals surface area contributed by atoms with Crippen LogP contribution in [0.4, 0.5) is 0 Å². The van der Waals surface area contributed by atoms with Gasteiger partial charge in [-0.2, -0.15) is 5.10 Å². The second-order valence-electron chi connectivity index (χ2n) is 5.37. The molecule has 1 aromatic rings. The van der Waals surface area contributed by atoms with E-state index in [-0.39, 0.29) is 23.7 Å². The fourth-order valence-corrected chi connectivity index (χ4v) is 2.38. The molecule has 5 nitrogen and oxygen atoms in total. The van der Waals surface area contributed by atoms with Crippen LogP contribution in [0.25, 0.3) is 0 Å². The topological polar surface area (TPSA) is 59.0 Å². The molecular formula is C13H23ClN4O. The third-order valence-electron chi connectivity index (χ3n) is 3.60. The average Bonchev–Trinajstić information content (AvgIpc) is 2.76. The number of carbonyl (C=O) groups excluding carboxylic acids is 1. The lowest BCUT2D eigenvalue weighted by Gasteiger charge is -2.32. The molecule has 19 heavy (non-hydrogen) atoms. The van der Waals surface area contributed by atoms with Crippen LogP contribution in [0.3, 0.4) is 0 Å². The Hall–Kier alpha value is -1.07. The molecular weight excluding hydrogens is 264 g/mol. The van der Waals surface area contributed by atoms with Crippen molar-refractivity contribution in [2.75, 3.05) is 19.6 Å². The van der Waals surface area contributed by atoms with E-state index in [9.17, 15) is 4.79 Å². The van der Waals surface area contributed by atoms with Crippen LogP contribution in [0, 0.1) is 5.41 Å². The summed E-state index contributed by atoms with van der Waals surface area (Å²) in [6.45, 7) is 4.53. The van der Waals surface area contributed by atoms with Gasteiger partial charge in [0.1, 0.15) is 0 Å². The molecule has 108 valence electrons. The van der Waals surface area contributed by atoms with Gasteiger partial charge in [-0.1, -0.05) is 0 Å². The van der Waals surface area contributed by atoms with E-state index in [1.165, 1.54) is 0 Å². The Balaban J connectivity index is 0.00000180. The van der Waals surface area contributed by atoms with Gasteiger partial charge in [-0.15, -0.1) is 12.4 Å². The SMILES string of the molecule is Cl.Cn1cc(CCNC(=O)C2(C)CCCNC2)cn1. The maximum absolute atomic E-state index is 12.1. The lowest BCUT2D eigenvalue weighted by Crippen LogP contribution is -2.49. The highest BCUT2D eigenvalue weighted by atomic mass is 35.5. The molecule has 0 spiro atoms. The molecule has 6 heteroatoms. The first kappa shape index (κ1) is 16.0. The molecule has 1 aromatic heterocycles. The molecule has 1 fully saturated rings. The normalized spacial score (nSPS) is 22.6. The summed E-state index contributed by atoms with van der Waals surface area (Å²) >= 11 is 0. The predicted octanol–water partition coefficient (Wildman–Crippen LogP) is 0.890. The minimum Gasteiger partial charge on any atom is -0.355 e. The van der Waals surface area contributed by atoms with Gasteiger partial charge >= 0.3 is 0 Å². The number of amides is 1. The van der Waals surface area contributed by atoms with Crippen molar-refractivity contribution in [2.24, 2.45) is 12.5 Å². The average molecular weight is 287 g/mol. The molecule has 2 N–H and O–H groups in total. The molecule has 1 aliphatic rings. The number of halogens is 1. The zero-order chi connectivity index (χ0) is 13.0. The van der Waals surface area contributed by atoms with Crippen LogP contribution in [-0.4, -0.2) is 35.3 Å². The van der Waals surface area contributed by atoms with Gasteiger partial charge in [-0.25, -0.2) is 0 Å². The summed E-state index contributed by atoms with van der Waals surface area (Å²) in [4.78, 5) is 12.1. The van der Waals surface area contributed by atoms with E-state index in [0.29, 0.717) is 6.54 Å². The number of carbonyl (C=O) groups is 1. The number of nitrogens with one attached hydrogen (secondary N) is 2. The highest BCUT2D eigenvalue weighted by Gasteiger charge is 2.34. The highest BCUT2D eigenvalue weighted by molar-refractivity contribution is 5.85. The summed E-state index contributed by atoms with van der Waals surface area (Å²) in [5.74, 6) is 0.165. The molecule has 0 radical (unpaired) electrons. The van der Waals surface area contributed by atoms with Crippen molar-refractivity contribution in [3.8, 4) is 0 Å². The van der Waals surface area contributed by atoms with Crippen LogP contribution in [0.5, 0.6) is 0 Å². The third kappa shape index (κ3) is 4.21. The second kappa shape index (κ2) is 6.91. The molecule has 0 aromatic carbocycles. The van der Waals surface area contributed by atoms with Gasteiger partial charge in [-0.3, -0.25) is 9.48 Å². The van der Waals surface area contributed by atoms with Crippen LogP contribution in [-0.2, 0) is 18.3 Å². The summed E-state index contributed by atoms with van der Waals surface area (Å²) in [6, 6.07) is 0. The first-order valence-electron chi connectivity index (χ1n) is 6.57. The van der Waals surface area contributed by atoms with Crippen LogP contribution in [0.2, 0.25) is 0 Å². The number of nitrogens with zero attached hydrogens (tertiary/aromatic N) is 2. The van der Waals surface area contributed by atoms with Gasteiger partial charge in [-0.05, 0) is 38.3 Å². The first-order chi connectivity index (χ1) is 8.60. The van der Waals surface area contributed by atoms with Gasteiger partial charge in [0.2, 0.25) is 5.91 Å². The maximum Gasteiger partial charge on any atom is 0.227 e. The molecule has 1 aliphatic heterocycles. The van der Waals surface area contributed by atoms with Crippen LogP contribution in [0.15, 0.2) is 12.4 Å². The van der Waals surface area contributed by atoms with Crippen LogP contribution in [0.1, 0.15) is 25.3 Å². The molecule has 1 amide bonds. The van der Waals surface area contributed by atoms with Crippen molar-refractivity contribution in [3.63, 3.8) is 0 Å². The van der Waals surface area contributed by atoms with Crippen molar-refractivity contribution in [1.29, 1.82) is 0 Å². The fraction of sp³-hybridized carbons (Fsp3) is 0.692. The highest BCUT2D eigenvalue weighted by Crippen LogP contribution is 2.25. The maximum atomic E-state index is 12.1. The van der Waals surface area contributed by atoms with Gasteiger partial charge in [0.05, 0.1) is 11.6 Å². The van der Waals surface area contributed by atoms with E-state index >= 15 is 0 Å². The van der Waals surface area contributed by atoms with Crippen molar-refractivity contribution in [1.82, 2.24) is 20.4 Å². The number of rotatable bonds is 4. The molecule has 2 heterocycles. The lowest BCUT2D eigenvalue weighted by atomic mass is 9.82. The van der Waals surface area contributed by atoms with Crippen LogP contribution < -0.4 is 10.6 Å². The van der Waals surface area contributed by atoms with Crippen LogP contribution >= 0.6 is 12.4 Å². The molecule has 0 saturated carbocycles. The first-order valence-corrected chi connectivity index (χ1v) is 6.57. The quantitative estimate of drug-likeness (QED) is 0.864. The van der Waals surface area contributed by atoms with E-state index in [1.54, 1.807) is 4.68 Å². The zero-order valence-corrected chi connectivity index (χ0v) is 12.4. The minimum absolute atomic E-state index is 0. The largest absolute Gasteiger partial charge is 0.355 e. The number of aromatic nitrogens is 2. The van der Waals surface area contributed by atoms with Gasteiger partial charge in [0.25, 0.3) is 0 Å². The van der Waals surface area contributed by atoms with Crippen molar-refractivity contribution in [3.05, 3.63) is 18.0 Å². The van der Waals surface area contributed by atoms with E-state index in [1.807, 2.05) is 26.4 Å². The van der Waals surface area contributed by atoms with E-state index in [2.05, 4.69) is 15.7 Å². The number of aryl methyl sites for hydroxylation is 1. The molecule has 1 unspecified atom stereocenters. The summed E-state index contributed by atoms with van der Waals surface area (Å²) in [5.41, 5.74) is 0.914. The minimum atomic E-state index is -0.243. The van der Waals surface area contributed by atoms with E-state index in [0.717, 1.165) is 37.9 Å². The molecule has 0 aliphatic carbocycles. The Kier molecular flexibility index (Phi) is 5.82. The number of piperidine rings is 1. The number of hydrogen-bond donors (Lipinski definition) is 2. The zero-order valence-electron chi connectivity index (χ0n) is 11.6. The predicted molar refractivity (Wildman–Crippen MR) is 77.4 cm³/mol. The molecule has 1 atom stereocenters. The van der Waals surface area contributed by atoms with Crippen molar-refractivity contribution >= 4 is 18.3 Å².